The maximum absolute atomic E-state index is 11.1. The number of rotatable bonds is 11. The van der Waals surface area contributed by atoms with Gasteiger partial charge in [-0.05, 0) is 42.2 Å². The fourth-order valence-electron chi connectivity index (χ4n) is 4.13. The maximum atomic E-state index is 11.1. The zero-order valence-electron chi connectivity index (χ0n) is 16.6. The molecular formula is C22H34O5. The van der Waals surface area contributed by atoms with Crippen molar-refractivity contribution in [3.63, 3.8) is 0 Å². The van der Waals surface area contributed by atoms with Gasteiger partial charge in [0.1, 0.15) is 6.61 Å². The van der Waals surface area contributed by atoms with Crippen molar-refractivity contribution in [2.75, 3.05) is 20.3 Å². The number of aliphatic hydroxyl groups is 2. The van der Waals surface area contributed by atoms with Gasteiger partial charge in [-0.15, -0.1) is 0 Å². The van der Waals surface area contributed by atoms with Crippen LogP contribution in [0.4, 0.5) is 0 Å². The van der Waals surface area contributed by atoms with Crippen molar-refractivity contribution in [2.45, 2.75) is 57.7 Å². The van der Waals surface area contributed by atoms with Crippen molar-refractivity contribution in [2.24, 2.45) is 17.8 Å². The van der Waals surface area contributed by atoms with Crippen LogP contribution >= 0.6 is 0 Å². The molecule has 5 nitrogen and oxygen atoms in total. The van der Waals surface area contributed by atoms with Crippen LogP contribution in [0, 0.1) is 17.8 Å². The molecule has 0 saturated heterocycles. The predicted octanol–water partition coefficient (Wildman–Crippen LogP) is 3.17. The second-order valence-electron chi connectivity index (χ2n) is 7.73. The molecule has 0 heterocycles. The molecule has 0 bridgehead atoms. The molecule has 1 saturated carbocycles. The highest BCUT2D eigenvalue weighted by Crippen LogP contribution is 2.48. The Bertz CT molecular complexity index is 565. The van der Waals surface area contributed by atoms with Crippen LogP contribution in [0.15, 0.2) is 36.0 Å². The largest absolute Gasteiger partial charge is 0.467 e. The number of allylic oxidation sites excluding steroid dienone is 1. The number of esters is 1. The van der Waals surface area contributed by atoms with Crippen molar-refractivity contribution in [1.82, 2.24) is 0 Å². The lowest BCUT2D eigenvalue weighted by Crippen LogP contribution is -2.17. The van der Waals surface area contributed by atoms with E-state index < -0.39 is 12.1 Å². The molecule has 2 aliphatic rings. The lowest BCUT2D eigenvalue weighted by Gasteiger charge is -2.16. The SMILES string of the molecule is C=C(COCC(=O)OC)C1=C[C@H]2[C@@H](C1)C[C@@H](O)[C@@H]2/C=C/[C@@H](O)CCCCC. The number of carbonyl (C=O) groups is 1. The van der Waals surface area contributed by atoms with Crippen molar-refractivity contribution in [3.05, 3.63) is 36.0 Å². The van der Waals surface area contributed by atoms with Crippen molar-refractivity contribution >= 4 is 5.97 Å². The molecule has 0 aliphatic heterocycles. The minimum Gasteiger partial charge on any atom is -0.467 e. The number of aliphatic hydroxyl groups excluding tert-OH is 2. The molecule has 0 aromatic rings. The average Bonchev–Trinajstić information content (AvgIpc) is 3.17. The van der Waals surface area contributed by atoms with E-state index in [4.69, 9.17) is 4.74 Å². The van der Waals surface area contributed by atoms with E-state index in [1.165, 1.54) is 7.11 Å². The predicted molar refractivity (Wildman–Crippen MR) is 105 cm³/mol. The summed E-state index contributed by atoms with van der Waals surface area (Å²) >= 11 is 0. The van der Waals surface area contributed by atoms with Crippen molar-refractivity contribution in [1.29, 1.82) is 0 Å². The van der Waals surface area contributed by atoms with Gasteiger partial charge in [0, 0.05) is 5.92 Å². The van der Waals surface area contributed by atoms with E-state index in [9.17, 15) is 15.0 Å². The summed E-state index contributed by atoms with van der Waals surface area (Å²) in [6, 6.07) is 0. The number of hydrogen-bond acceptors (Lipinski definition) is 5. The average molecular weight is 379 g/mol. The zero-order chi connectivity index (χ0) is 19.8. The summed E-state index contributed by atoms with van der Waals surface area (Å²) in [7, 11) is 1.33. The molecule has 0 radical (unpaired) electrons. The standard InChI is InChI=1S/C22H34O5/c1-4-5-6-7-18(23)8-9-19-20-11-16(10-17(20)12-21(19)24)15(2)13-27-14-22(25)26-3/h8-9,11,17-21,23-24H,2,4-7,10,12-14H2,1,3H3/b9-8+/t17-,18-,19+,20-,21+/m0/s1. The Morgan fingerprint density at radius 1 is 1.41 bits per heavy atom. The molecule has 0 aromatic heterocycles. The molecule has 1 fully saturated rings. The molecule has 5 heteroatoms. The van der Waals surface area contributed by atoms with Gasteiger partial charge in [-0.25, -0.2) is 4.79 Å². The van der Waals surface area contributed by atoms with Crippen LogP contribution in [0.25, 0.3) is 0 Å². The number of hydrogen-bond donors (Lipinski definition) is 2. The first-order chi connectivity index (χ1) is 13.0. The van der Waals surface area contributed by atoms with Gasteiger partial charge in [0.2, 0.25) is 0 Å². The number of methoxy groups -OCH3 is 1. The van der Waals surface area contributed by atoms with E-state index >= 15 is 0 Å². The minimum absolute atomic E-state index is 0.0390. The number of ether oxygens (including phenoxy) is 2. The number of carbonyl (C=O) groups excluding carboxylic acids is 1. The summed E-state index contributed by atoms with van der Waals surface area (Å²) in [6.07, 6.45) is 11.0. The van der Waals surface area contributed by atoms with Gasteiger partial charge in [0.05, 0.1) is 25.9 Å². The van der Waals surface area contributed by atoms with Crippen LogP contribution in [0.3, 0.4) is 0 Å². The van der Waals surface area contributed by atoms with Gasteiger partial charge < -0.3 is 19.7 Å². The third-order valence-corrected chi connectivity index (χ3v) is 5.69. The van der Waals surface area contributed by atoms with Gasteiger partial charge in [0.15, 0.2) is 0 Å². The van der Waals surface area contributed by atoms with Gasteiger partial charge in [-0.2, -0.15) is 0 Å². The molecule has 0 unspecified atom stereocenters. The van der Waals surface area contributed by atoms with E-state index in [0.29, 0.717) is 12.5 Å². The normalized spacial score (nSPS) is 28.2. The van der Waals surface area contributed by atoms with Gasteiger partial charge >= 0.3 is 5.97 Å². The molecule has 5 atom stereocenters. The highest BCUT2D eigenvalue weighted by atomic mass is 16.6. The fourth-order valence-corrected chi connectivity index (χ4v) is 4.13. The summed E-state index contributed by atoms with van der Waals surface area (Å²) in [4.78, 5) is 11.1. The summed E-state index contributed by atoms with van der Waals surface area (Å²) in [5.74, 6) is 0.314. The molecule has 0 aromatic carbocycles. The Balaban J connectivity index is 1.88. The second kappa shape index (κ2) is 10.8. The van der Waals surface area contributed by atoms with Crippen molar-refractivity contribution in [3.8, 4) is 0 Å². The van der Waals surface area contributed by atoms with E-state index in [0.717, 1.165) is 49.7 Å². The number of fused-ring (bicyclic) bond motifs is 1. The first-order valence-electron chi connectivity index (χ1n) is 10.0. The summed E-state index contributed by atoms with van der Waals surface area (Å²) in [5, 5.41) is 20.5. The highest BCUT2D eigenvalue weighted by molar-refractivity contribution is 5.70. The molecule has 0 amide bonds. The summed E-state index contributed by atoms with van der Waals surface area (Å²) in [6.45, 7) is 6.46. The molecule has 152 valence electrons. The van der Waals surface area contributed by atoms with Gasteiger partial charge in [-0.1, -0.05) is 51.0 Å². The molecule has 2 aliphatic carbocycles. The van der Waals surface area contributed by atoms with E-state index in [-0.39, 0.29) is 24.5 Å². The van der Waals surface area contributed by atoms with E-state index in [2.05, 4.69) is 24.3 Å². The smallest absolute Gasteiger partial charge is 0.331 e. The molecule has 0 spiro atoms. The first-order valence-corrected chi connectivity index (χ1v) is 10.0. The van der Waals surface area contributed by atoms with Crippen LogP contribution in [0.2, 0.25) is 0 Å². The Labute approximate surface area is 162 Å². The number of unbranched alkanes of at least 4 members (excludes halogenated alkanes) is 2. The quantitative estimate of drug-likeness (QED) is 0.328. The summed E-state index contributed by atoms with van der Waals surface area (Å²) in [5.41, 5.74) is 2.04. The third kappa shape index (κ3) is 6.30. The van der Waals surface area contributed by atoms with E-state index in [1.54, 1.807) is 0 Å². The first kappa shape index (κ1) is 21.9. The van der Waals surface area contributed by atoms with Crippen LogP contribution in [0.1, 0.15) is 45.4 Å². The van der Waals surface area contributed by atoms with Gasteiger partial charge in [0.25, 0.3) is 0 Å². The lowest BCUT2D eigenvalue weighted by atomic mass is 9.91. The molecule has 2 rings (SSSR count). The molecule has 2 N–H and O–H groups in total. The Morgan fingerprint density at radius 3 is 2.89 bits per heavy atom. The van der Waals surface area contributed by atoms with Crippen LogP contribution in [-0.2, 0) is 14.3 Å². The lowest BCUT2D eigenvalue weighted by molar-refractivity contribution is -0.145. The zero-order valence-corrected chi connectivity index (χ0v) is 16.6. The minimum atomic E-state index is -0.436. The Morgan fingerprint density at radius 2 is 2.19 bits per heavy atom. The van der Waals surface area contributed by atoms with Crippen LogP contribution in [-0.4, -0.2) is 48.7 Å². The van der Waals surface area contributed by atoms with Crippen LogP contribution in [0.5, 0.6) is 0 Å². The van der Waals surface area contributed by atoms with E-state index in [1.807, 2.05) is 12.2 Å². The molecular weight excluding hydrogens is 344 g/mol. The second-order valence-corrected chi connectivity index (χ2v) is 7.73. The van der Waals surface area contributed by atoms with Crippen molar-refractivity contribution < 1.29 is 24.5 Å². The Hall–Kier alpha value is -1.43. The monoisotopic (exact) mass is 378 g/mol. The Kier molecular flexibility index (Phi) is 8.74. The topological polar surface area (TPSA) is 76.0 Å². The fraction of sp³-hybridized carbons (Fsp3) is 0.682. The molecule has 27 heavy (non-hydrogen) atoms. The van der Waals surface area contributed by atoms with Crippen LogP contribution < -0.4 is 0 Å². The highest BCUT2D eigenvalue weighted by Gasteiger charge is 2.43. The summed E-state index contributed by atoms with van der Waals surface area (Å²) < 4.78 is 9.90. The maximum Gasteiger partial charge on any atom is 0.331 e. The third-order valence-electron chi connectivity index (χ3n) is 5.69. The van der Waals surface area contributed by atoms with Gasteiger partial charge in [-0.3, -0.25) is 0 Å².